The standard InChI is InChI=1S/C21H26N4O4S2/c1-3-15-12-17(14(2)24-21(15)26)18-4-5-20(30-18)31(27,28)29-16-6-10-25(11-7-16)13-19-22-8-9-23-19/h4-5,8-9,12,16H,3,6-7,10-11,13H2,1-2H3,(H,22,23)(H,24,26). The molecule has 0 spiro atoms. The maximum absolute atomic E-state index is 12.8. The van der Waals surface area contributed by atoms with E-state index in [0.29, 0.717) is 24.8 Å². The van der Waals surface area contributed by atoms with Gasteiger partial charge in [0.05, 0.1) is 12.6 Å². The smallest absolute Gasteiger partial charge is 0.306 e. The molecule has 0 unspecified atom stereocenters. The molecule has 1 fully saturated rings. The van der Waals surface area contributed by atoms with Crippen molar-refractivity contribution in [3.8, 4) is 10.4 Å². The molecular formula is C21H26N4O4S2. The van der Waals surface area contributed by atoms with Crippen molar-refractivity contribution in [1.29, 1.82) is 0 Å². The Labute approximate surface area is 185 Å². The molecule has 4 heterocycles. The summed E-state index contributed by atoms with van der Waals surface area (Å²) in [7, 11) is -3.84. The van der Waals surface area contributed by atoms with Crippen molar-refractivity contribution in [3.63, 3.8) is 0 Å². The lowest BCUT2D eigenvalue weighted by Gasteiger charge is -2.30. The molecule has 8 nitrogen and oxygen atoms in total. The van der Waals surface area contributed by atoms with Gasteiger partial charge in [-0.25, -0.2) is 4.98 Å². The Morgan fingerprint density at radius 2 is 2.06 bits per heavy atom. The molecule has 2 N–H and O–H groups in total. The number of hydrogen-bond donors (Lipinski definition) is 2. The Morgan fingerprint density at radius 3 is 2.74 bits per heavy atom. The lowest BCUT2D eigenvalue weighted by atomic mass is 10.1. The summed E-state index contributed by atoms with van der Waals surface area (Å²) in [6.07, 6.45) is 5.11. The molecule has 3 aromatic rings. The zero-order valence-corrected chi connectivity index (χ0v) is 19.2. The molecule has 1 saturated heterocycles. The zero-order chi connectivity index (χ0) is 22.0. The fourth-order valence-electron chi connectivity index (χ4n) is 3.77. The van der Waals surface area contributed by atoms with Gasteiger partial charge in [-0.1, -0.05) is 6.92 Å². The number of likely N-dealkylation sites (tertiary alicyclic amines) is 1. The average molecular weight is 463 g/mol. The fourth-order valence-corrected chi connectivity index (χ4v) is 6.26. The van der Waals surface area contributed by atoms with Gasteiger partial charge in [-0.05, 0) is 44.4 Å². The number of piperidine rings is 1. The molecule has 4 rings (SSSR count). The van der Waals surface area contributed by atoms with Gasteiger partial charge >= 0.3 is 10.1 Å². The maximum Gasteiger partial charge on any atom is 0.306 e. The predicted octanol–water partition coefficient (Wildman–Crippen LogP) is 3.07. The van der Waals surface area contributed by atoms with E-state index in [1.54, 1.807) is 24.5 Å². The molecule has 10 heteroatoms. The Balaban J connectivity index is 1.42. The number of rotatable bonds is 7. The van der Waals surface area contributed by atoms with Crippen molar-refractivity contribution in [2.75, 3.05) is 13.1 Å². The molecule has 3 aromatic heterocycles. The first-order valence-electron chi connectivity index (χ1n) is 10.3. The molecule has 0 saturated carbocycles. The van der Waals surface area contributed by atoms with Gasteiger partial charge in [-0.15, -0.1) is 11.3 Å². The quantitative estimate of drug-likeness (QED) is 0.523. The van der Waals surface area contributed by atoms with E-state index in [1.807, 2.05) is 19.9 Å². The fraction of sp³-hybridized carbons (Fsp3) is 0.429. The predicted molar refractivity (Wildman–Crippen MR) is 120 cm³/mol. The Morgan fingerprint density at radius 1 is 1.29 bits per heavy atom. The highest BCUT2D eigenvalue weighted by atomic mass is 32.3. The summed E-state index contributed by atoms with van der Waals surface area (Å²) in [5.41, 5.74) is 2.14. The first-order valence-corrected chi connectivity index (χ1v) is 12.5. The number of aromatic amines is 2. The van der Waals surface area contributed by atoms with Gasteiger partial charge in [-0.2, -0.15) is 8.42 Å². The van der Waals surface area contributed by atoms with Crippen LogP contribution in [0.1, 0.15) is 36.8 Å². The minimum Gasteiger partial charge on any atom is -0.348 e. The van der Waals surface area contributed by atoms with E-state index < -0.39 is 10.1 Å². The minimum atomic E-state index is -3.84. The second kappa shape index (κ2) is 9.07. The van der Waals surface area contributed by atoms with Crippen LogP contribution in [0.15, 0.2) is 39.6 Å². The normalized spacial score (nSPS) is 16.1. The van der Waals surface area contributed by atoms with Crippen LogP contribution in [0.25, 0.3) is 10.4 Å². The van der Waals surface area contributed by atoms with Crippen LogP contribution in [-0.4, -0.2) is 47.5 Å². The number of nitrogens with one attached hydrogen (secondary N) is 2. The highest BCUT2D eigenvalue weighted by Crippen LogP contribution is 2.34. The molecule has 0 bridgehead atoms. The summed E-state index contributed by atoms with van der Waals surface area (Å²) >= 11 is 1.17. The molecule has 0 amide bonds. The average Bonchev–Trinajstić information content (AvgIpc) is 3.42. The second-order valence-corrected chi connectivity index (χ2v) is 10.6. The zero-order valence-electron chi connectivity index (χ0n) is 17.6. The molecule has 0 aliphatic carbocycles. The number of imidazole rings is 1. The number of aryl methyl sites for hydroxylation is 2. The van der Waals surface area contributed by atoms with E-state index >= 15 is 0 Å². The van der Waals surface area contributed by atoms with Gasteiger partial charge in [0.25, 0.3) is 5.56 Å². The van der Waals surface area contributed by atoms with Gasteiger partial charge in [0.2, 0.25) is 0 Å². The highest BCUT2D eigenvalue weighted by molar-refractivity contribution is 7.89. The van der Waals surface area contributed by atoms with Crippen LogP contribution in [0.5, 0.6) is 0 Å². The summed E-state index contributed by atoms with van der Waals surface area (Å²) in [5.74, 6) is 0.905. The first kappa shape index (κ1) is 21.9. The maximum atomic E-state index is 12.8. The van der Waals surface area contributed by atoms with Crippen LogP contribution in [0, 0.1) is 6.92 Å². The number of H-pyrrole nitrogens is 2. The molecule has 166 valence electrons. The van der Waals surface area contributed by atoms with Gasteiger partial charge in [0.15, 0.2) is 0 Å². The van der Waals surface area contributed by atoms with E-state index in [2.05, 4.69) is 19.9 Å². The van der Waals surface area contributed by atoms with Crippen molar-refractivity contribution in [2.24, 2.45) is 0 Å². The number of nitrogens with zero attached hydrogens (tertiary/aromatic N) is 2. The van der Waals surface area contributed by atoms with Gasteiger partial charge in [0, 0.05) is 47.2 Å². The van der Waals surface area contributed by atoms with Crippen molar-refractivity contribution >= 4 is 21.5 Å². The topological polar surface area (TPSA) is 108 Å². The van der Waals surface area contributed by atoms with Crippen molar-refractivity contribution in [3.05, 3.63) is 58.0 Å². The number of pyridine rings is 1. The van der Waals surface area contributed by atoms with E-state index in [4.69, 9.17) is 4.18 Å². The van der Waals surface area contributed by atoms with Crippen molar-refractivity contribution in [2.45, 2.75) is 50.0 Å². The summed E-state index contributed by atoms with van der Waals surface area (Å²) in [6, 6.07) is 5.19. The third-order valence-corrected chi connectivity index (χ3v) is 8.44. The van der Waals surface area contributed by atoms with Gasteiger partial charge in [-0.3, -0.25) is 13.9 Å². The summed E-state index contributed by atoms with van der Waals surface area (Å²) in [4.78, 5) is 25.2. The molecule has 1 aliphatic rings. The van der Waals surface area contributed by atoms with Crippen molar-refractivity contribution in [1.82, 2.24) is 19.9 Å². The lowest BCUT2D eigenvalue weighted by Crippen LogP contribution is -2.37. The largest absolute Gasteiger partial charge is 0.348 e. The van der Waals surface area contributed by atoms with Crippen LogP contribution in [-0.2, 0) is 27.3 Å². The lowest BCUT2D eigenvalue weighted by molar-refractivity contribution is 0.100. The molecule has 0 aromatic carbocycles. The SMILES string of the molecule is CCc1cc(-c2ccc(S(=O)(=O)OC3CCN(Cc4ncc[nH]4)CC3)s2)c(C)[nH]c1=O. The Hall–Kier alpha value is -2.27. The third-order valence-electron chi connectivity index (χ3n) is 5.51. The molecule has 31 heavy (non-hydrogen) atoms. The number of thiophene rings is 1. The van der Waals surface area contributed by atoms with Gasteiger partial charge < -0.3 is 9.97 Å². The monoisotopic (exact) mass is 462 g/mol. The summed E-state index contributed by atoms with van der Waals surface area (Å²) < 4.78 is 31.4. The molecule has 0 radical (unpaired) electrons. The van der Waals surface area contributed by atoms with Crippen LogP contribution in [0.2, 0.25) is 0 Å². The molecule has 0 atom stereocenters. The highest BCUT2D eigenvalue weighted by Gasteiger charge is 2.28. The Bertz CT molecular complexity index is 1190. The van der Waals surface area contributed by atoms with Crippen LogP contribution < -0.4 is 5.56 Å². The van der Waals surface area contributed by atoms with E-state index in [1.165, 1.54) is 11.3 Å². The number of hydrogen-bond acceptors (Lipinski definition) is 7. The minimum absolute atomic E-state index is 0.102. The molecular weight excluding hydrogens is 436 g/mol. The molecule has 1 aliphatic heterocycles. The van der Waals surface area contributed by atoms with E-state index in [9.17, 15) is 13.2 Å². The van der Waals surface area contributed by atoms with Crippen LogP contribution in [0.3, 0.4) is 0 Å². The first-order chi connectivity index (χ1) is 14.9. The van der Waals surface area contributed by atoms with Gasteiger partial charge in [0.1, 0.15) is 10.0 Å². The van der Waals surface area contributed by atoms with E-state index in [-0.39, 0.29) is 15.9 Å². The van der Waals surface area contributed by atoms with Crippen LogP contribution >= 0.6 is 11.3 Å². The number of aromatic nitrogens is 3. The van der Waals surface area contributed by atoms with E-state index in [0.717, 1.165) is 41.6 Å². The summed E-state index contributed by atoms with van der Waals surface area (Å²) in [6.45, 7) is 5.97. The summed E-state index contributed by atoms with van der Waals surface area (Å²) in [5, 5.41) is 0. The van der Waals surface area contributed by atoms with Crippen LogP contribution in [0.4, 0.5) is 0 Å². The Kier molecular flexibility index (Phi) is 6.42. The third kappa shape index (κ3) is 4.98. The van der Waals surface area contributed by atoms with Crippen molar-refractivity contribution < 1.29 is 12.6 Å². The second-order valence-electron chi connectivity index (χ2n) is 7.70.